The normalized spacial score (nSPS) is 18.0. The second-order valence-electron chi connectivity index (χ2n) is 6.73. The first-order valence-electron chi connectivity index (χ1n) is 9.10. The highest BCUT2D eigenvalue weighted by molar-refractivity contribution is 5.79. The number of aryl methyl sites for hydroxylation is 1. The highest BCUT2D eigenvalue weighted by Gasteiger charge is 2.28. The van der Waals surface area contributed by atoms with Gasteiger partial charge in [-0.25, -0.2) is 4.79 Å². The van der Waals surface area contributed by atoms with Gasteiger partial charge < -0.3 is 20.7 Å². The van der Waals surface area contributed by atoms with Gasteiger partial charge in [-0.1, -0.05) is 54.6 Å². The minimum Gasteiger partial charge on any atom is -0.370 e. The molecule has 1 aliphatic rings. The summed E-state index contributed by atoms with van der Waals surface area (Å²) in [6.07, 6.45) is 0.0277. The quantitative estimate of drug-likeness (QED) is 0.852. The third-order valence-corrected chi connectivity index (χ3v) is 4.85. The molecule has 1 aliphatic heterocycles. The fourth-order valence-electron chi connectivity index (χ4n) is 3.44. The molecular weight excluding hydrogens is 342 g/mol. The number of nitrogens with two attached hydrogens (primary N) is 1. The Kier molecular flexibility index (Phi) is 6.08. The molecule has 3 rings (SSSR count). The van der Waals surface area contributed by atoms with E-state index >= 15 is 0 Å². The topological polar surface area (TPSA) is 84.7 Å². The maximum absolute atomic E-state index is 12.9. The highest BCUT2D eigenvalue weighted by atomic mass is 16.5. The average molecular weight is 367 g/mol. The van der Waals surface area contributed by atoms with E-state index in [-0.39, 0.29) is 18.4 Å². The van der Waals surface area contributed by atoms with Gasteiger partial charge in [-0.15, -0.1) is 0 Å². The van der Waals surface area contributed by atoms with Gasteiger partial charge in [-0.3, -0.25) is 4.79 Å². The van der Waals surface area contributed by atoms with Gasteiger partial charge in [0.15, 0.2) is 0 Å². The largest absolute Gasteiger partial charge is 0.370 e. The summed E-state index contributed by atoms with van der Waals surface area (Å²) in [5.41, 5.74) is 8.30. The number of hydrogen-bond donors (Lipinski definition) is 2. The predicted octanol–water partition coefficient (Wildman–Crippen LogP) is 2.69. The number of primary amides is 1. The molecule has 6 heteroatoms. The van der Waals surface area contributed by atoms with Gasteiger partial charge in [0.25, 0.3) is 0 Å². The van der Waals surface area contributed by atoms with Gasteiger partial charge in [-0.05, 0) is 23.6 Å². The molecule has 1 heterocycles. The number of amides is 3. The maximum atomic E-state index is 12.9. The number of carbonyl (C=O) groups excluding carboxylic acids is 2. The average Bonchev–Trinajstić information content (AvgIpc) is 2.68. The fourth-order valence-corrected chi connectivity index (χ4v) is 3.44. The number of benzene rings is 2. The Balaban J connectivity index is 1.71. The number of nitrogens with one attached hydrogen (secondary N) is 1. The predicted molar refractivity (Wildman–Crippen MR) is 103 cm³/mol. The molecule has 1 saturated heterocycles. The van der Waals surface area contributed by atoms with Gasteiger partial charge in [0, 0.05) is 6.54 Å². The van der Waals surface area contributed by atoms with E-state index in [1.54, 1.807) is 4.90 Å². The van der Waals surface area contributed by atoms with Gasteiger partial charge in [0.2, 0.25) is 5.91 Å². The summed E-state index contributed by atoms with van der Waals surface area (Å²) in [6, 6.07) is 16.5. The first-order chi connectivity index (χ1) is 13.0. The van der Waals surface area contributed by atoms with Gasteiger partial charge in [0.05, 0.1) is 25.6 Å². The molecule has 2 aromatic carbocycles. The van der Waals surface area contributed by atoms with Crippen LogP contribution in [0.1, 0.15) is 35.3 Å². The standard InChI is InChI=1S/C21H25N3O3/c1-15-7-5-6-10-17(15)18(23-21(22)26)13-20(25)24-11-12-27-19(14-24)16-8-3-2-4-9-16/h2-10,18-19H,11-14H2,1H3,(H3,22,23,26)/t18-,19+/m0/s1. The maximum Gasteiger partial charge on any atom is 0.312 e. The molecule has 6 nitrogen and oxygen atoms in total. The zero-order valence-electron chi connectivity index (χ0n) is 15.4. The van der Waals surface area contributed by atoms with E-state index in [2.05, 4.69) is 5.32 Å². The molecular formula is C21H25N3O3. The molecule has 0 bridgehead atoms. The number of rotatable bonds is 5. The molecule has 3 N–H and O–H groups in total. The number of morpholine rings is 1. The van der Waals surface area contributed by atoms with E-state index in [1.807, 2.05) is 61.5 Å². The summed E-state index contributed by atoms with van der Waals surface area (Å²) in [7, 11) is 0. The van der Waals surface area contributed by atoms with E-state index in [0.29, 0.717) is 19.7 Å². The number of ether oxygens (including phenoxy) is 1. The Morgan fingerprint density at radius 2 is 1.89 bits per heavy atom. The van der Waals surface area contributed by atoms with Crippen LogP contribution in [0.5, 0.6) is 0 Å². The molecule has 0 unspecified atom stereocenters. The lowest BCUT2D eigenvalue weighted by Gasteiger charge is -2.34. The molecule has 0 saturated carbocycles. The molecule has 0 aromatic heterocycles. The van der Waals surface area contributed by atoms with Crippen LogP contribution in [-0.4, -0.2) is 36.5 Å². The van der Waals surface area contributed by atoms with Crippen molar-refractivity contribution in [1.29, 1.82) is 0 Å². The molecule has 27 heavy (non-hydrogen) atoms. The zero-order chi connectivity index (χ0) is 19.2. The van der Waals surface area contributed by atoms with Crippen LogP contribution in [0.3, 0.4) is 0 Å². The monoisotopic (exact) mass is 367 g/mol. The first kappa shape index (κ1) is 18.9. The lowest BCUT2D eigenvalue weighted by molar-refractivity contribution is -0.139. The lowest BCUT2D eigenvalue weighted by Crippen LogP contribution is -2.44. The molecule has 3 amide bonds. The Bertz CT molecular complexity index is 794. The third kappa shape index (κ3) is 4.86. The van der Waals surface area contributed by atoms with Crippen LogP contribution in [0, 0.1) is 6.92 Å². The lowest BCUT2D eigenvalue weighted by atomic mass is 9.98. The van der Waals surface area contributed by atoms with Crippen molar-refractivity contribution in [2.45, 2.75) is 25.5 Å². The van der Waals surface area contributed by atoms with E-state index in [0.717, 1.165) is 16.7 Å². The van der Waals surface area contributed by atoms with Crippen LogP contribution in [0.15, 0.2) is 54.6 Å². The molecule has 2 aromatic rings. The number of hydrogen-bond acceptors (Lipinski definition) is 3. The zero-order valence-corrected chi connectivity index (χ0v) is 15.4. The second-order valence-corrected chi connectivity index (χ2v) is 6.73. The van der Waals surface area contributed by atoms with Crippen LogP contribution < -0.4 is 11.1 Å². The van der Waals surface area contributed by atoms with Gasteiger partial charge in [0.1, 0.15) is 6.10 Å². The molecule has 0 spiro atoms. The highest BCUT2D eigenvalue weighted by Crippen LogP contribution is 2.25. The molecule has 0 aliphatic carbocycles. The summed E-state index contributed by atoms with van der Waals surface area (Å²) >= 11 is 0. The van der Waals surface area contributed by atoms with Crippen LogP contribution in [0.4, 0.5) is 4.79 Å². The Labute approximate surface area is 159 Å². The number of carbonyl (C=O) groups is 2. The first-order valence-corrected chi connectivity index (χ1v) is 9.10. The van der Waals surface area contributed by atoms with Crippen LogP contribution in [0.2, 0.25) is 0 Å². The van der Waals surface area contributed by atoms with E-state index < -0.39 is 12.1 Å². The van der Waals surface area contributed by atoms with E-state index in [1.165, 1.54) is 0 Å². The third-order valence-electron chi connectivity index (χ3n) is 4.85. The molecule has 1 fully saturated rings. The van der Waals surface area contributed by atoms with Crippen LogP contribution >= 0.6 is 0 Å². The molecule has 0 radical (unpaired) electrons. The van der Waals surface area contributed by atoms with Crippen molar-refractivity contribution < 1.29 is 14.3 Å². The van der Waals surface area contributed by atoms with Crippen molar-refractivity contribution in [2.24, 2.45) is 5.73 Å². The van der Waals surface area contributed by atoms with Crippen LogP contribution in [-0.2, 0) is 9.53 Å². The second kappa shape index (κ2) is 8.68. The Morgan fingerprint density at radius 1 is 1.19 bits per heavy atom. The van der Waals surface area contributed by atoms with Crippen LogP contribution in [0.25, 0.3) is 0 Å². The Hall–Kier alpha value is -2.86. The number of urea groups is 1. The Morgan fingerprint density at radius 3 is 2.59 bits per heavy atom. The van der Waals surface area contributed by atoms with Crippen molar-refractivity contribution in [1.82, 2.24) is 10.2 Å². The van der Waals surface area contributed by atoms with Gasteiger partial charge in [-0.2, -0.15) is 0 Å². The van der Waals surface area contributed by atoms with Gasteiger partial charge >= 0.3 is 6.03 Å². The van der Waals surface area contributed by atoms with E-state index in [4.69, 9.17) is 10.5 Å². The minimum absolute atomic E-state index is 0.0266. The van der Waals surface area contributed by atoms with E-state index in [9.17, 15) is 9.59 Å². The summed E-state index contributed by atoms with van der Waals surface area (Å²) in [6.45, 7) is 3.48. The van der Waals surface area contributed by atoms with Crippen molar-refractivity contribution in [3.05, 3.63) is 71.3 Å². The van der Waals surface area contributed by atoms with Crippen molar-refractivity contribution in [3.8, 4) is 0 Å². The smallest absolute Gasteiger partial charge is 0.312 e. The SMILES string of the molecule is Cc1ccccc1[C@H](CC(=O)N1CCO[C@@H](c2ccccc2)C1)NC(N)=O. The summed E-state index contributed by atoms with van der Waals surface area (Å²) in [5, 5.41) is 2.71. The molecule has 2 atom stereocenters. The summed E-state index contributed by atoms with van der Waals surface area (Å²) in [4.78, 5) is 26.2. The van der Waals surface area contributed by atoms with Crippen molar-refractivity contribution >= 4 is 11.9 Å². The summed E-state index contributed by atoms with van der Waals surface area (Å²) in [5.74, 6) is -0.0266. The number of nitrogens with zero attached hydrogens (tertiary/aromatic N) is 1. The fraction of sp³-hybridized carbons (Fsp3) is 0.333. The minimum atomic E-state index is -0.639. The van der Waals surface area contributed by atoms with Crippen molar-refractivity contribution in [2.75, 3.05) is 19.7 Å². The molecule has 142 valence electrons. The summed E-state index contributed by atoms with van der Waals surface area (Å²) < 4.78 is 5.83. The van der Waals surface area contributed by atoms with Crippen molar-refractivity contribution in [3.63, 3.8) is 0 Å².